The normalized spacial score (nSPS) is 19.0. The zero-order chi connectivity index (χ0) is 12.0. The summed E-state index contributed by atoms with van der Waals surface area (Å²) in [4.78, 5) is 4.11. The first-order chi connectivity index (χ1) is 8.10. The Kier molecular flexibility index (Phi) is 2.23. The first-order valence-corrected chi connectivity index (χ1v) is 6.00. The lowest BCUT2D eigenvalue weighted by Crippen LogP contribution is -2.35. The van der Waals surface area contributed by atoms with Crippen molar-refractivity contribution < 1.29 is 4.39 Å². The molecule has 2 aromatic rings. The van der Waals surface area contributed by atoms with E-state index < -0.39 is 0 Å². The molecule has 0 radical (unpaired) electrons. The minimum atomic E-state index is -0.303. The molecular formula is C13H16FN3. The van der Waals surface area contributed by atoms with Gasteiger partial charge in [-0.1, -0.05) is 12.8 Å². The highest BCUT2D eigenvalue weighted by Crippen LogP contribution is 2.38. The number of halogens is 1. The second kappa shape index (κ2) is 3.53. The van der Waals surface area contributed by atoms with Crippen molar-refractivity contribution in [1.82, 2.24) is 9.55 Å². The van der Waals surface area contributed by atoms with E-state index >= 15 is 0 Å². The third-order valence-corrected chi connectivity index (χ3v) is 3.87. The fraction of sp³-hybridized carbons (Fsp3) is 0.462. The highest BCUT2D eigenvalue weighted by molar-refractivity contribution is 5.77. The first-order valence-electron chi connectivity index (χ1n) is 6.00. The Labute approximate surface area is 99.4 Å². The van der Waals surface area contributed by atoms with Gasteiger partial charge in [-0.2, -0.15) is 0 Å². The summed E-state index contributed by atoms with van der Waals surface area (Å²) in [5, 5.41) is 0. The highest BCUT2D eigenvalue weighted by Gasteiger charge is 2.34. The van der Waals surface area contributed by atoms with Crippen LogP contribution >= 0.6 is 0 Å². The first kappa shape index (κ1) is 10.7. The second-order valence-electron chi connectivity index (χ2n) is 5.01. The molecule has 3 nitrogen and oxygen atoms in total. The van der Waals surface area contributed by atoms with Gasteiger partial charge in [-0.25, -0.2) is 4.39 Å². The van der Waals surface area contributed by atoms with Crippen molar-refractivity contribution >= 4 is 11.0 Å². The molecule has 0 unspecified atom stereocenters. The summed E-state index contributed by atoms with van der Waals surface area (Å²) in [7, 11) is 1.94. The fourth-order valence-corrected chi connectivity index (χ4v) is 2.91. The number of nitrogens with zero attached hydrogens (tertiary/aromatic N) is 2. The van der Waals surface area contributed by atoms with Crippen LogP contribution in [0.1, 0.15) is 31.4 Å². The van der Waals surface area contributed by atoms with E-state index in [9.17, 15) is 4.39 Å². The van der Waals surface area contributed by atoms with Gasteiger partial charge in [0.1, 0.15) is 5.82 Å². The van der Waals surface area contributed by atoms with E-state index in [0.29, 0.717) is 0 Å². The van der Waals surface area contributed by atoms with Gasteiger partial charge in [-0.05, 0) is 18.9 Å². The monoisotopic (exact) mass is 233 g/mol. The largest absolute Gasteiger partial charge is 0.345 e. The van der Waals surface area contributed by atoms with Gasteiger partial charge in [-0.3, -0.25) is 4.98 Å². The van der Waals surface area contributed by atoms with Gasteiger partial charge >= 0.3 is 0 Å². The Morgan fingerprint density at radius 2 is 2.06 bits per heavy atom. The summed E-state index contributed by atoms with van der Waals surface area (Å²) in [5.74, 6) is -0.303. The van der Waals surface area contributed by atoms with E-state index in [1.54, 1.807) is 0 Å². The number of fused-ring (bicyclic) bond motifs is 1. The van der Waals surface area contributed by atoms with Crippen LogP contribution in [0.2, 0.25) is 0 Å². The Morgan fingerprint density at radius 3 is 2.76 bits per heavy atom. The van der Waals surface area contributed by atoms with Gasteiger partial charge in [0, 0.05) is 18.8 Å². The number of hydrogen-bond donors (Lipinski definition) is 1. The molecule has 17 heavy (non-hydrogen) atoms. The van der Waals surface area contributed by atoms with Crippen LogP contribution in [0.5, 0.6) is 0 Å². The molecule has 2 aromatic heterocycles. The van der Waals surface area contributed by atoms with Gasteiger partial charge in [-0.15, -0.1) is 0 Å². The molecule has 0 aliphatic heterocycles. The molecule has 1 fully saturated rings. The van der Waals surface area contributed by atoms with Crippen molar-refractivity contribution in [3.8, 4) is 0 Å². The zero-order valence-corrected chi connectivity index (χ0v) is 9.91. The van der Waals surface area contributed by atoms with E-state index in [1.807, 2.05) is 17.7 Å². The third-order valence-electron chi connectivity index (χ3n) is 3.87. The van der Waals surface area contributed by atoms with Crippen LogP contribution in [-0.2, 0) is 12.6 Å². The molecule has 1 saturated carbocycles. The average Bonchev–Trinajstić information content (AvgIpc) is 2.86. The van der Waals surface area contributed by atoms with E-state index in [4.69, 9.17) is 5.73 Å². The summed E-state index contributed by atoms with van der Waals surface area (Å²) >= 11 is 0. The Balaban J connectivity index is 2.20. The summed E-state index contributed by atoms with van der Waals surface area (Å²) in [5.41, 5.74) is 8.89. The van der Waals surface area contributed by atoms with Gasteiger partial charge < -0.3 is 10.3 Å². The van der Waals surface area contributed by atoms with Crippen molar-refractivity contribution in [1.29, 1.82) is 0 Å². The van der Waals surface area contributed by atoms with Crippen molar-refractivity contribution in [3.63, 3.8) is 0 Å². The second-order valence-corrected chi connectivity index (χ2v) is 5.01. The molecule has 1 aliphatic carbocycles. The standard InChI is InChI=1S/C13H16FN3/c1-17-11-6-9(14)8-16-10(11)7-12(17)13(15)4-2-3-5-13/h6-8H,2-5,15H2,1H3. The molecule has 2 heterocycles. The highest BCUT2D eigenvalue weighted by atomic mass is 19.1. The van der Waals surface area contributed by atoms with E-state index in [-0.39, 0.29) is 11.4 Å². The number of aromatic nitrogens is 2. The lowest BCUT2D eigenvalue weighted by molar-refractivity contribution is 0.435. The van der Waals surface area contributed by atoms with Gasteiger partial charge in [0.25, 0.3) is 0 Å². The molecule has 0 amide bonds. The number of aryl methyl sites for hydroxylation is 1. The van der Waals surface area contributed by atoms with Crippen molar-refractivity contribution in [3.05, 3.63) is 29.8 Å². The molecule has 0 aromatic carbocycles. The summed E-state index contributed by atoms with van der Waals surface area (Å²) in [6.45, 7) is 0. The summed E-state index contributed by atoms with van der Waals surface area (Å²) in [6, 6.07) is 3.52. The van der Waals surface area contributed by atoms with Crippen LogP contribution in [0.15, 0.2) is 18.3 Å². The van der Waals surface area contributed by atoms with E-state index in [0.717, 1.165) is 29.6 Å². The predicted octanol–water partition coefficient (Wildman–Crippen LogP) is 2.44. The molecule has 3 rings (SSSR count). The Bertz CT molecular complexity index is 567. The lowest BCUT2D eigenvalue weighted by Gasteiger charge is -2.24. The van der Waals surface area contributed by atoms with Crippen LogP contribution in [0.3, 0.4) is 0 Å². The minimum Gasteiger partial charge on any atom is -0.345 e. The average molecular weight is 233 g/mol. The van der Waals surface area contributed by atoms with Crippen LogP contribution < -0.4 is 5.73 Å². The molecule has 1 aliphatic rings. The molecular weight excluding hydrogens is 217 g/mol. The van der Waals surface area contributed by atoms with Gasteiger partial charge in [0.05, 0.1) is 22.8 Å². The molecule has 0 spiro atoms. The van der Waals surface area contributed by atoms with Crippen LogP contribution in [-0.4, -0.2) is 9.55 Å². The summed E-state index contributed by atoms with van der Waals surface area (Å²) in [6.07, 6.45) is 5.59. The fourth-order valence-electron chi connectivity index (χ4n) is 2.91. The minimum absolute atomic E-state index is 0.258. The van der Waals surface area contributed by atoms with E-state index in [2.05, 4.69) is 4.98 Å². The maximum Gasteiger partial charge on any atom is 0.143 e. The number of hydrogen-bond acceptors (Lipinski definition) is 2. The number of nitrogens with two attached hydrogens (primary N) is 1. The van der Waals surface area contributed by atoms with Crippen molar-refractivity contribution in [2.75, 3.05) is 0 Å². The van der Waals surface area contributed by atoms with Gasteiger partial charge in [0.15, 0.2) is 0 Å². The quantitative estimate of drug-likeness (QED) is 0.822. The van der Waals surface area contributed by atoms with Crippen LogP contribution in [0.25, 0.3) is 11.0 Å². The van der Waals surface area contributed by atoms with E-state index in [1.165, 1.54) is 25.1 Å². The topological polar surface area (TPSA) is 43.8 Å². The number of rotatable bonds is 1. The number of pyridine rings is 1. The van der Waals surface area contributed by atoms with Crippen LogP contribution in [0, 0.1) is 5.82 Å². The van der Waals surface area contributed by atoms with Gasteiger partial charge in [0.2, 0.25) is 0 Å². The van der Waals surface area contributed by atoms with Crippen molar-refractivity contribution in [2.24, 2.45) is 12.8 Å². The molecule has 0 bridgehead atoms. The smallest absolute Gasteiger partial charge is 0.143 e. The summed E-state index contributed by atoms with van der Waals surface area (Å²) < 4.78 is 15.2. The Morgan fingerprint density at radius 1 is 1.35 bits per heavy atom. The molecule has 0 atom stereocenters. The lowest BCUT2D eigenvalue weighted by atomic mass is 9.95. The molecule has 4 heteroatoms. The third kappa shape index (κ3) is 1.55. The molecule has 90 valence electrons. The molecule has 0 saturated heterocycles. The van der Waals surface area contributed by atoms with Crippen molar-refractivity contribution in [2.45, 2.75) is 31.2 Å². The Hall–Kier alpha value is -1.42. The maximum atomic E-state index is 13.2. The molecule has 2 N–H and O–H groups in total. The van der Waals surface area contributed by atoms with Crippen LogP contribution in [0.4, 0.5) is 4.39 Å². The zero-order valence-electron chi connectivity index (χ0n) is 9.91. The maximum absolute atomic E-state index is 13.2. The SMILES string of the molecule is Cn1c(C2(N)CCCC2)cc2ncc(F)cc21. The predicted molar refractivity (Wildman–Crippen MR) is 65.0 cm³/mol.